The van der Waals surface area contributed by atoms with Gasteiger partial charge in [-0.05, 0) is 32.0 Å². The van der Waals surface area contributed by atoms with Crippen molar-refractivity contribution in [3.63, 3.8) is 0 Å². The maximum absolute atomic E-state index is 12.5. The van der Waals surface area contributed by atoms with Crippen molar-refractivity contribution >= 4 is 17.6 Å². The van der Waals surface area contributed by atoms with E-state index >= 15 is 0 Å². The van der Waals surface area contributed by atoms with Gasteiger partial charge in [0.05, 0.1) is 12.2 Å². The number of benzene rings is 1. The smallest absolute Gasteiger partial charge is 0.321 e. The summed E-state index contributed by atoms with van der Waals surface area (Å²) < 4.78 is 0. The standard InChI is InChI=1S/C19H26N6O2/c1-14(2)21-18(26)13-24-8-10-25(11-9-24)19(27)22-16-5-3-4-15(12-16)17-6-7-20-23-17/h3-7,12,14H,8-11,13H2,1-2H3,(H,20,23)(H,21,26)(H,22,27). The summed E-state index contributed by atoms with van der Waals surface area (Å²) in [5, 5.41) is 12.7. The minimum absolute atomic E-state index is 0.0264. The minimum Gasteiger partial charge on any atom is -0.353 e. The van der Waals surface area contributed by atoms with E-state index in [1.54, 1.807) is 11.1 Å². The van der Waals surface area contributed by atoms with E-state index in [9.17, 15) is 9.59 Å². The van der Waals surface area contributed by atoms with E-state index in [0.717, 1.165) is 16.9 Å². The Morgan fingerprint density at radius 2 is 1.96 bits per heavy atom. The fourth-order valence-electron chi connectivity index (χ4n) is 3.06. The Balaban J connectivity index is 1.50. The van der Waals surface area contributed by atoms with E-state index in [4.69, 9.17) is 0 Å². The van der Waals surface area contributed by atoms with Crippen molar-refractivity contribution in [2.45, 2.75) is 19.9 Å². The summed E-state index contributed by atoms with van der Waals surface area (Å²) in [5.74, 6) is 0.0264. The largest absolute Gasteiger partial charge is 0.353 e. The number of H-pyrrole nitrogens is 1. The molecule has 0 bridgehead atoms. The molecule has 8 heteroatoms. The highest BCUT2D eigenvalue weighted by molar-refractivity contribution is 5.90. The zero-order valence-electron chi connectivity index (χ0n) is 15.7. The van der Waals surface area contributed by atoms with Crippen LogP contribution in [0.1, 0.15) is 13.8 Å². The summed E-state index contributed by atoms with van der Waals surface area (Å²) in [6.07, 6.45) is 1.70. The topological polar surface area (TPSA) is 93.4 Å². The van der Waals surface area contributed by atoms with Crippen molar-refractivity contribution < 1.29 is 9.59 Å². The molecule has 2 aromatic rings. The first-order chi connectivity index (χ1) is 13.0. The Morgan fingerprint density at radius 1 is 1.19 bits per heavy atom. The normalized spacial score (nSPS) is 15.0. The average Bonchev–Trinajstić information content (AvgIpc) is 3.16. The van der Waals surface area contributed by atoms with Gasteiger partial charge in [-0.3, -0.25) is 14.8 Å². The van der Waals surface area contributed by atoms with Crippen LogP contribution < -0.4 is 10.6 Å². The van der Waals surface area contributed by atoms with Gasteiger partial charge in [0.2, 0.25) is 5.91 Å². The molecule has 1 aliphatic heterocycles. The Bertz CT molecular complexity index is 766. The van der Waals surface area contributed by atoms with E-state index in [1.165, 1.54) is 0 Å². The zero-order valence-corrected chi connectivity index (χ0v) is 15.7. The summed E-state index contributed by atoms with van der Waals surface area (Å²) in [4.78, 5) is 28.2. The molecule has 1 fully saturated rings. The Kier molecular flexibility index (Phi) is 6.08. The molecule has 8 nitrogen and oxygen atoms in total. The van der Waals surface area contributed by atoms with Crippen molar-refractivity contribution in [2.75, 3.05) is 38.0 Å². The lowest BCUT2D eigenvalue weighted by Crippen LogP contribution is -2.52. The number of hydrogen-bond donors (Lipinski definition) is 3. The monoisotopic (exact) mass is 370 g/mol. The second-order valence-electron chi connectivity index (χ2n) is 6.97. The molecule has 0 unspecified atom stereocenters. The molecular formula is C19H26N6O2. The van der Waals surface area contributed by atoms with Crippen LogP contribution in [0.2, 0.25) is 0 Å². The molecule has 0 spiro atoms. The van der Waals surface area contributed by atoms with Crippen LogP contribution in [0, 0.1) is 0 Å². The van der Waals surface area contributed by atoms with Crippen LogP contribution in [0.4, 0.5) is 10.5 Å². The van der Waals surface area contributed by atoms with E-state index in [2.05, 4.69) is 25.7 Å². The van der Waals surface area contributed by atoms with Crippen molar-refractivity contribution in [3.05, 3.63) is 36.5 Å². The number of nitrogens with one attached hydrogen (secondary N) is 3. The van der Waals surface area contributed by atoms with Gasteiger partial charge in [-0.1, -0.05) is 12.1 Å². The van der Waals surface area contributed by atoms with Gasteiger partial charge in [-0.2, -0.15) is 5.10 Å². The molecule has 1 aromatic carbocycles. The molecule has 1 aromatic heterocycles. The molecule has 3 amide bonds. The molecule has 3 rings (SSSR count). The minimum atomic E-state index is -0.122. The van der Waals surface area contributed by atoms with Crippen molar-refractivity contribution in [1.29, 1.82) is 0 Å². The van der Waals surface area contributed by atoms with Gasteiger partial charge in [0.15, 0.2) is 0 Å². The third-order valence-corrected chi connectivity index (χ3v) is 4.40. The molecule has 1 saturated heterocycles. The van der Waals surface area contributed by atoms with Gasteiger partial charge in [-0.25, -0.2) is 4.79 Å². The van der Waals surface area contributed by atoms with Gasteiger partial charge in [0.1, 0.15) is 0 Å². The molecule has 144 valence electrons. The third-order valence-electron chi connectivity index (χ3n) is 4.40. The number of piperazine rings is 1. The molecule has 0 atom stereocenters. The van der Waals surface area contributed by atoms with E-state index in [1.807, 2.05) is 44.2 Å². The fourth-order valence-corrected chi connectivity index (χ4v) is 3.06. The first-order valence-electron chi connectivity index (χ1n) is 9.19. The van der Waals surface area contributed by atoms with Gasteiger partial charge >= 0.3 is 6.03 Å². The fraction of sp³-hybridized carbons (Fsp3) is 0.421. The number of anilines is 1. The summed E-state index contributed by atoms with van der Waals surface area (Å²) >= 11 is 0. The van der Waals surface area contributed by atoms with Crippen molar-refractivity contribution in [1.82, 2.24) is 25.3 Å². The van der Waals surface area contributed by atoms with Crippen LogP contribution in [-0.4, -0.2) is 70.7 Å². The average molecular weight is 370 g/mol. The number of aromatic nitrogens is 2. The van der Waals surface area contributed by atoms with Gasteiger partial charge in [0, 0.05) is 49.7 Å². The Hall–Kier alpha value is -2.87. The first kappa shape index (κ1) is 18.9. The Morgan fingerprint density at radius 3 is 2.63 bits per heavy atom. The molecule has 1 aliphatic rings. The van der Waals surface area contributed by atoms with Crippen LogP contribution in [0.5, 0.6) is 0 Å². The number of rotatable bonds is 5. The second-order valence-corrected chi connectivity index (χ2v) is 6.97. The quantitative estimate of drug-likeness (QED) is 0.747. The van der Waals surface area contributed by atoms with Crippen LogP contribution >= 0.6 is 0 Å². The van der Waals surface area contributed by atoms with Gasteiger partial charge < -0.3 is 15.5 Å². The lowest BCUT2D eigenvalue weighted by molar-refractivity contribution is -0.123. The van der Waals surface area contributed by atoms with E-state index in [-0.39, 0.29) is 18.0 Å². The van der Waals surface area contributed by atoms with Crippen molar-refractivity contribution in [2.24, 2.45) is 0 Å². The number of nitrogens with zero attached hydrogens (tertiary/aromatic N) is 3. The summed E-state index contributed by atoms with van der Waals surface area (Å²) in [6, 6.07) is 9.55. The first-order valence-corrected chi connectivity index (χ1v) is 9.19. The maximum Gasteiger partial charge on any atom is 0.321 e. The molecule has 0 radical (unpaired) electrons. The molecular weight excluding hydrogens is 344 g/mol. The second kappa shape index (κ2) is 8.68. The molecule has 0 saturated carbocycles. The number of amides is 3. The number of hydrogen-bond acceptors (Lipinski definition) is 4. The third kappa shape index (κ3) is 5.30. The van der Waals surface area contributed by atoms with Crippen LogP contribution in [0.25, 0.3) is 11.3 Å². The molecule has 2 heterocycles. The van der Waals surface area contributed by atoms with Crippen molar-refractivity contribution in [3.8, 4) is 11.3 Å². The number of carbonyl (C=O) groups is 2. The lowest BCUT2D eigenvalue weighted by atomic mass is 10.1. The summed E-state index contributed by atoms with van der Waals surface area (Å²) in [7, 11) is 0. The molecule has 27 heavy (non-hydrogen) atoms. The number of aromatic amines is 1. The van der Waals surface area contributed by atoms with E-state index < -0.39 is 0 Å². The lowest BCUT2D eigenvalue weighted by Gasteiger charge is -2.34. The zero-order chi connectivity index (χ0) is 19.2. The highest BCUT2D eigenvalue weighted by atomic mass is 16.2. The highest BCUT2D eigenvalue weighted by Gasteiger charge is 2.22. The maximum atomic E-state index is 12.5. The van der Waals surface area contributed by atoms with Crippen LogP contribution in [0.3, 0.4) is 0 Å². The van der Waals surface area contributed by atoms with E-state index in [0.29, 0.717) is 32.7 Å². The van der Waals surface area contributed by atoms with Crippen LogP contribution in [0.15, 0.2) is 36.5 Å². The van der Waals surface area contributed by atoms with Gasteiger partial charge in [0.25, 0.3) is 0 Å². The summed E-state index contributed by atoms with van der Waals surface area (Å²) in [6.45, 7) is 6.84. The van der Waals surface area contributed by atoms with Gasteiger partial charge in [-0.15, -0.1) is 0 Å². The predicted molar refractivity (Wildman–Crippen MR) is 104 cm³/mol. The number of carbonyl (C=O) groups excluding carboxylic acids is 2. The number of urea groups is 1. The summed E-state index contributed by atoms with van der Waals surface area (Å²) in [5.41, 5.74) is 2.61. The Labute approximate surface area is 158 Å². The SMILES string of the molecule is CC(C)NC(=O)CN1CCN(C(=O)Nc2cccc(-c3ccn[nH]3)c2)CC1. The van der Waals surface area contributed by atoms with Crippen LogP contribution in [-0.2, 0) is 4.79 Å². The highest BCUT2D eigenvalue weighted by Crippen LogP contribution is 2.20. The molecule has 0 aliphatic carbocycles. The predicted octanol–water partition coefficient (Wildman–Crippen LogP) is 1.75. The molecule has 3 N–H and O–H groups in total.